The van der Waals surface area contributed by atoms with Crippen LogP contribution in [0.5, 0.6) is 0 Å². The Bertz CT molecular complexity index is 1030. The van der Waals surface area contributed by atoms with Crippen LogP contribution in [0, 0.1) is 6.92 Å². The molecule has 1 aromatic heterocycles. The first kappa shape index (κ1) is 20.0. The average molecular weight is 422 g/mol. The van der Waals surface area contributed by atoms with Gasteiger partial charge in [-0.3, -0.25) is 14.5 Å². The van der Waals surface area contributed by atoms with E-state index in [2.05, 4.69) is 15.0 Å². The standard InChI is InChI=1S/C18H19N3O5S2/c1-12-7-9-27-17(12)18(23)26-11-16(22)20-13-4-2-5-14(10-13)28(24,25)21-15-6-3-8-19-15/h2,4-5,7,9-10H,3,6,8,11H2,1H3,(H,19,21)(H,20,22). The van der Waals surface area contributed by atoms with Gasteiger partial charge in [0.1, 0.15) is 10.7 Å². The maximum atomic E-state index is 12.4. The van der Waals surface area contributed by atoms with Crippen molar-refractivity contribution >= 4 is 44.8 Å². The molecule has 3 rings (SSSR count). The van der Waals surface area contributed by atoms with E-state index in [-0.39, 0.29) is 10.6 Å². The number of nitrogens with one attached hydrogen (secondary N) is 2. The number of esters is 1. The second kappa shape index (κ2) is 8.53. The van der Waals surface area contributed by atoms with Crippen molar-refractivity contribution in [3.63, 3.8) is 0 Å². The van der Waals surface area contributed by atoms with Crippen molar-refractivity contribution < 1.29 is 22.7 Å². The zero-order chi connectivity index (χ0) is 20.1. The van der Waals surface area contributed by atoms with Crippen molar-refractivity contribution in [3.05, 3.63) is 46.2 Å². The summed E-state index contributed by atoms with van der Waals surface area (Å²) in [7, 11) is -3.78. The number of carbonyl (C=O) groups is 2. The molecule has 0 aliphatic carbocycles. The van der Waals surface area contributed by atoms with Gasteiger partial charge in [0.2, 0.25) is 0 Å². The largest absolute Gasteiger partial charge is 0.451 e. The topological polar surface area (TPSA) is 114 Å². The van der Waals surface area contributed by atoms with Crippen LogP contribution in [0.25, 0.3) is 0 Å². The van der Waals surface area contributed by atoms with Crippen LogP contribution in [0.1, 0.15) is 28.1 Å². The summed E-state index contributed by atoms with van der Waals surface area (Å²) in [5, 5.41) is 4.30. The number of thiophene rings is 1. The van der Waals surface area contributed by atoms with E-state index < -0.39 is 28.5 Å². The van der Waals surface area contributed by atoms with Crippen LogP contribution >= 0.6 is 11.3 Å². The molecule has 148 valence electrons. The number of nitrogens with zero attached hydrogens (tertiary/aromatic N) is 1. The van der Waals surface area contributed by atoms with Gasteiger partial charge in [0.25, 0.3) is 15.9 Å². The average Bonchev–Trinajstić information content (AvgIpc) is 3.31. The van der Waals surface area contributed by atoms with Gasteiger partial charge in [-0.15, -0.1) is 11.3 Å². The lowest BCUT2D eigenvalue weighted by molar-refractivity contribution is -0.119. The lowest BCUT2D eigenvalue weighted by Crippen LogP contribution is -2.29. The first-order chi connectivity index (χ1) is 13.3. The van der Waals surface area contributed by atoms with E-state index in [9.17, 15) is 18.0 Å². The molecule has 1 aliphatic heterocycles. The number of amides is 1. The van der Waals surface area contributed by atoms with Gasteiger partial charge in [0.05, 0.1) is 4.90 Å². The fourth-order valence-corrected chi connectivity index (χ4v) is 4.51. The molecule has 2 heterocycles. The number of hydrogen-bond acceptors (Lipinski definition) is 7. The first-order valence-electron chi connectivity index (χ1n) is 8.52. The highest BCUT2D eigenvalue weighted by Crippen LogP contribution is 2.18. The number of benzene rings is 1. The Labute approximate surface area is 166 Å². The third-order valence-electron chi connectivity index (χ3n) is 3.94. The predicted molar refractivity (Wildman–Crippen MR) is 106 cm³/mol. The molecule has 8 nitrogen and oxygen atoms in total. The van der Waals surface area contributed by atoms with Crippen LogP contribution in [-0.4, -0.2) is 39.3 Å². The van der Waals surface area contributed by atoms with Crippen molar-refractivity contribution in [2.24, 2.45) is 4.99 Å². The normalized spacial score (nSPS) is 13.7. The molecule has 10 heteroatoms. The van der Waals surface area contributed by atoms with E-state index >= 15 is 0 Å². The fourth-order valence-electron chi connectivity index (χ4n) is 2.55. The van der Waals surface area contributed by atoms with Crippen molar-refractivity contribution in [3.8, 4) is 0 Å². The molecule has 0 radical (unpaired) electrons. The smallest absolute Gasteiger partial charge is 0.349 e. The summed E-state index contributed by atoms with van der Waals surface area (Å²) in [5.41, 5.74) is 1.07. The molecule has 1 amide bonds. The third-order valence-corrected chi connectivity index (χ3v) is 6.31. The van der Waals surface area contributed by atoms with E-state index in [0.29, 0.717) is 23.7 Å². The van der Waals surface area contributed by atoms with Gasteiger partial charge in [0.15, 0.2) is 6.61 Å². The van der Waals surface area contributed by atoms with Crippen molar-refractivity contribution in [2.75, 3.05) is 18.5 Å². The Morgan fingerprint density at radius 3 is 2.79 bits per heavy atom. The molecule has 2 aromatic rings. The van der Waals surface area contributed by atoms with Gasteiger partial charge in [-0.05, 0) is 48.6 Å². The molecule has 0 unspecified atom stereocenters. The second-order valence-corrected chi connectivity index (χ2v) is 8.72. The molecule has 0 saturated carbocycles. The molecule has 0 bridgehead atoms. The van der Waals surface area contributed by atoms with E-state index in [0.717, 1.165) is 12.0 Å². The van der Waals surface area contributed by atoms with Gasteiger partial charge >= 0.3 is 5.97 Å². The summed E-state index contributed by atoms with van der Waals surface area (Å²) in [5.74, 6) is -0.698. The number of anilines is 1. The van der Waals surface area contributed by atoms with Gasteiger partial charge in [-0.1, -0.05) is 6.07 Å². The summed E-state index contributed by atoms with van der Waals surface area (Å²) in [6.07, 6.45) is 1.41. The third kappa shape index (κ3) is 4.96. The number of aliphatic imine (C=N–C) groups is 1. The van der Waals surface area contributed by atoms with E-state index in [1.807, 2.05) is 0 Å². The van der Waals surface area contributed by atoms with E-state index in [4.69, 9.17) is 4.74 Å². The van der Waals surface area contributed by atoms with Gasteiger partial charge in [0, 0.05) is 18.7 Å². The minimum atomic E-state index is -3.78. The van der Waals surface area contributed by atoms with Crippen molar-refractivity contribution in [1.29, 1.82) is 0 Å². The van der Waals surface area contributed by atoms with Crippen molar-refractivity contribution in [1.82, 2.24) is 4.72 Å². The number of aryl methyl sites for hydroxylation is 1. The molecule has 0 saturated heterocycles. The van der Waals surface area contributed by atoms with E-state index in [1.54, 1.807) is 24.4 Å². The zero-order valence-corrected chi connectivity index (χ0v) is 16.7. The summed E-state index contributed by atoms with van der Waals surface area (Å²) in [4.78, 5) is 28.5. The van der Waals surface area contributed by atoms with Crippen LogP contribution in [0.3, 0.4) is 0 Å². The Balaban J connectivity index is 1.60. The quantitative estimate of drug-likeness (QED) is 0.695. The molecule has 0 atom stereocenters. The van der Waals surface area contributed by atoms with Gasteiger partial charge in [-0.25, -0.2) is 13.2 Å². The summed E-state index contributed by atoms with van der Waals surface area (Å²) >= 11 is 1.24. The minimum absolute atomic E-state index is 0.00565. The Hall–Kier alpha value is -2.72. The lowest BCUT2D eigenvalue weighted by atomic mass is 10.3. The van der Waals surface area contributed by atoms with Crippen LogP contribution in [0.4, 0.5) is 5.69 Å². The highest BCUT2D eigenvalue weighted by atomic mass is 32.2. The summed E-state index contributed by atoms with van der Waals surface area (Å²) in [6, 6.07) is 7.61. The summed E-state index contributed by atoms with van der Waals surface area (Å²) < 4.78 is 32.3. The Kier molecular flexibility index (Phi) is 6.10. The van der Waals surface area contributed by atoms with Crippen LogP contribution in [0.15, 0.2) is 45.6 Å². The van der Waals surface area contributed by atoms with Crippen molar-refractivity contribution in [2.45, 2.75) is 24.7 Å². The second-order valence-electron chi connectivity index (χ2n) is 6.12. The number of hydrogen-bond donors (Lipinski definition) is 2. The van der Waals surface area contributed by atoms with Crippen LogP contribution in [0.2, 0.25) is 0 Å². The molecular weight excluding hydrogens is 402 g/mol. The SMILES string of the molecule is Cc1ccsc1C(=O)OCC(=O)Nc1cccc(S(=O)(=O)NC2=NCCC2)c1. The highest BCUT2D eigenvalue weighted by molar-refractivity contribution is 7.90. The number of rotatable bonds is 6. The maximum absolute atomic E-state index is 12.4. The van der Waals surface area contributed by atoms with Crippen LogP contribution < -0.4 is 10.0 Å². The molecule has 2 N–H and O–H groups in total. The molecule has 28 heavy (non-hydrogen) atoms. The maximum Gasteiger partial charge on any atom is 0.349 e. The molecule has 0 fully saturated rings. The van der Waals surface area contributed by atoms with E-state index in [1.165, 1.54) is 29.5 Å². The highest BCUT2D eigenvalue weighted by Gasteiger charge is 2.19. The fraction of sp³-hybridized carbons (Fsp3) is 0.278. The Morgan fingerprint density at radius 2 is 2.11 bits per heavy atom. The van der Waals surface area contributed by atoms with Gasteiger partial charge < -0.3 is 10.1 Å². The minimum Gasteiger partial charge on any atom is -0.451 e. The number of sulfonamides is 1. The molecular formula is C18H19N3O5S2. The molecule has 1 aliphatic rings. The van der Waals surface area contributed by atoms with Crippen LogP contribution in [-0.2, 0) is 19.6 Å². The Morgan fingerprint density at radius 1 is 1.29 bits per heavy atom. The zero-order valence-electron chi connectivity index (χ0n) is 15.1. The molecule has 1 aromatic carbocycles. The molecule has 0 spiro atoms. The predicted octanol–water partition coefficient (Wildman–Crippen LogP) is 2.32. The monoisotopic (exact) mass is 421 g/mol. The summed E-state index contributed by atoms with van der Waals surface area (Å²) in [6.45, 7) is 1.92. The number of carbonyl (C=O) groups excluding carboxylic acids is 2. The number of ether oxygens (including phenoxy) is 1. The lowest BCUT2D eigenvalue weighted by Gasteiger charge is -2.10. The number of amidine groups is 1. The van der Waals surface area contributed by atoms with Gasteiger partial charge in [-0.2, -0.15) is 0 Å². The first-order valence-corrected chi connectivity index (χ1v) is 10.9.